The third-order valence-electron chi connectivity index (χ3n) is 5.81. The van der Waals surface area contributed by atoms with Gasteiger partial charge in [0.05, 0.1) is 17.4 Å². The van der Waals surface area contributed by atoms with Crippen LogP contribution in [0.3, 0.4) is 0 Å². The van der Waals surface area contributed by atoms with Crippen molar-refractivity contribution in [2.45, 2.75) is 25.3 Å². The molecule has 0 amide bonds. The minimum absolute atomic E-state index is 0.262. The van der Waals surface area contributed by atoms with Gasteiger partial charge in [0.1, 0.15) is 0 Å². The van der Waals surface area contributed by atoms with Gasteiger partial charge >= 0.3 is 0 Å². The van der Waals surface area contributed by atoms with Crippen LogP contribution in [-0.2, 0) is 6.42 Å². The lowest BCUT2D eigenvalue weighted by atomic mass is 9.78. The van der Waals surface area contributed by atoms with Crippen molar-refractivity contribution in [3.63, 3.8) is 0 Å². The second kappa shape index (κ2) is 7.47. The molecule has 3 aromatic rings. The maximum Gasteiger partial charge on any atom is 0.0860 e. The van der Waals surface area contributed by atoms with Crippen molar-refractivity contribution < 1.29 is 0 Å². The van der Waals surface area contributed by atoms with Gasteiger partial charge in [-0.3, -0.25) is 5.01 Å². The lowest BCUT2D eigenvalue weighted by Crippen LogP contribution is -2.27. The predicted molar refractivity (Wildman–Crippen MR) is 116 cm³/mol. The zero-order valence-corrected chi connectivity index (χ0v) is 15.9. The SMILES string of the molecule is C1=C(Cc2ccccc2)C2=NN(c3ccccc3)[C@@H](c3ccccc3)[C@@H]2CC1. The summed E-state index contributed by atoms with van der Waals surface area (Å²) in [6, 6.07) is 32.5. The van der Waals surface area contributed by atoms with Gasteiger partial charge in [0.15, 0.2) is 0 Å². The predicted octanol–water partition coefficient (Wildman–Crippen LogP) is 6.18. The summed E-state index contributed by atoms with van der Waals surface area (Å²) in [4.78, 5) is 0. The van der Waals surface area contributed by atoms with Gasteiger partial charge in [-0.2, -0.15) is 5.10 Å². The largest absolute Gasteiger partial charge is 0.257 e. The van der Waals surface area contributed by atoms with Crippen LogP contribution in [0.4, 0.5) is 5.69 Å². The van der Waals surface area contributed by atoms with Crippen molar-refractivity contribution in [1.29, 1.82) is 0 Å². The Hall–Kier alpha value is -3.13. The van der Waals surface area contributed by atoms with Crippen LogP contribution in [-0.4, -0.2) is 5.71 Å². The van der Waals surface area contributed by atoms with Crippen LogP contribution in [0.1, 0.15) is 30.0 Å². The molecule has 0 spiro atoms. The average molecular weight is 364 g/mol. The van der Waals surface area contributed by atoms with Crippen molar-refractivity contribution in [1.82, 2.24) is 0 Å². The van der Waals surface area contributed by atoms with Crippen LogP contribution in [0.15, 0.2) is 108 Å². The lowest BCUT2D eigenvalue weighted by molar-refractivity contribution is 0.514. The molecule has 2 atom stereocenters. The smallest absolute Gasteiger partial charge is 0.0860 e. The van der Waals surface area contributed by atoms with E-state index in [2.05, 4.69) is 102 Å². The van der Waals surface area contributed by atoms with Gasteiger partial charge in [0, 0.05) is 5.92 Å². The Morgan fingerprint density at radius 3 is 2.14 bits per heavy atom. The van der Waals surface area contributed by atoms with Crippen LogP contribution in [0.25, 0.3) is 0 Å². The van der Waals surface area contributed by atoms with E-state index < -0.39 is 0 Å². The van der Waals surface area contributed by atoms with Gasteiger partial charge in [-0.15, -0.1) is 0 Å². The quantitative estimate of drug-likeness (QED) is 0.539. The Labute approximate surface area is 166 Å². The highest BCUT2D eigenvalue weighted by Gasteiger charge is 2.41. The van der Waals surface area contributed by atoms with Crippen LogP contribution in [0.2, 0.25) is 0 Å². The van der Waals surface area contributed by atoms with Gasteiger partial charge < -0.3 is 0 Å². The topological polar surface area (TPSA) is 15.6 Å². The highest BCUT2D eigenvalue weighted by molar-refractivity contribution is 6.05. The summed E-state index contributed by atoms with van der Waals surface area (Å²) < 4.78 is 0. The summed E-state index contributed by atoms with van der Waals surface area (Å²) in [5.74, 6) is 0.436. The molecule has 1 heterocycles. The molecule has 2 heteroatoms. The van der Waals surface area contributed by atoms with Gasteiger partial charge in [-0.25, -0.2) is 0 Å². The average Bonchev–Trinajstić information content (AvgIpc) is 3.16. The van der Waals surface area contributed by atoms with E-state index in [0.29, 0.717) is 5.92 Å². The van der Waals surface area contributed by atoms with Crippen LogP contribution in [0, 0.1) is 5.92 Å². The Kier molecular flexibility index (Phi) is 4.54. The summed E-state index contributed by atoms with van der Waals surface area (Å²) in [5, 5.41) is 7.45. The normalized spacial score (nSPS) is 21.1. The molecular weight excluding hydrogens is 340 g/mol. The van der Waals surface area contributed by atoms with Crippen LogP contribution >= 0.6 is 0 Å². The molecule has 0 N–H and O–H groups in total. The fourth-order valence-electron chi connectivity index (χ4n) is 4.51. The first-order valence-corrected chi connectivity index (χ1v) is 10.1. The van der Waals surface area contributed by atoms with Crippen molar-refractivity contribution >= 4 is 11.4 Å². The number of benzene rings is 3. The number of nitrogens with zero attached hydrogens (tertiary/aromatic N) is 2. The van der Waals surface area contributed by atoms with Gasteiger partial charge in [0.2, 0.25) is 0 Å². The van der Waals surface area contributed by atoms with E-state index in [0.717, 1.165) is 24.9 Å². The third-order valence-corrected chi connectivity index (χ3v) is 5.81. The molecular formula is C26H24N2. The molecule has 3 aromatic carbocycles. The molecule has 0 saturated heterocycles. The van der Waals surface area contributed by atoms with Crippen LogP contribution < -0.4 is 5.01 Å². The molecule has 28 heavy (non-hydrogen) atoms. The first-order valence-electron chi connectivity index (χ1n) is 10.1. The second-order valence-electron chi connectivity index (χ2n) is 7.60. The van der Waals surface area contributed by atoms with Crippen LogP contribution in [0.5, 0.6) is 0 Å². The molecule has 0 aromatic heterocycles. The number of anilines is 1. The summed E-state index contributed by atoms with van der Waals surface area (Å²) >= 11 is 0. The highest BCUT2D eigenvalue weighted by Crippen LogP contribution is 2.44. The molecule has 2 nitrogen and oxygen atoms in total. The van der Waals surface area contributed by atoms with Gasteiger partial charge in [0.25, 0.3) is 0 Å². The maximum absolute atomic E-state index is 5.20. The summed E-state index contributed by atoms with van der Waals surface area (Å²) in [7, 11) is 0. The molecule has 0 saturated carbocycles. The zero-order chi connectivity index (χ0) is 18.8. The zero-order valence-electron chi connectivity index (χ0n) is 15.9. The molecule has 2 aliphatic rings. The second-order valence-corrected chi connectivity index (χ2v) is 7.60. The minimum atomic E-state index is 0.262. The van der Waals surface area contributed by atoms with E-state index in [1.54, 1.807) is 0 Å². The summed E-state index contributed by atoms with van der Waals surface area (Å²) in [5.41, 5.74) is 6.52. The Morgan fingerprint density at radius 1 is 0.786 bits per heavy atom. The van der Waals surface area contributed by atoms with E-state index in [4.69, 9.17) is 5.10 Å². The molecule has 0 radical (unpaired) electrons. The van der Waals surface area contributed by atoms with Crippen molar-refractivity contribution in [2.24, 2.45) is 11.0 Å². The van der Waals surface area contributed by atoms with Crippen molar-refractivity contribution in [3.8, 4) is 0 Å². The fourth-order valence-corrected chi connectivity index (χ4v) is 4.51. The number of para-hydroxylation sites is 1. The number of fused-ring (bicyclic) bond motifs is 1. The first kappa shape index (κ1) is 17.0. The number of hydrazone groups is 1. The molecule has 138 valence electrons. The number of rotatable bonds is 4. The minimum Gasteiger partial charge on any atom is -0.257 e. The molecule has 0 bridgehead atoms. The molecule has 1 aliphatic carbocycles. The molecule has 1 aliphatic heterocycles. The van der Waals surface area contributed by atoms with E-state index in [9.17, 15) is 0 Å². The highest BCUT2D eigenvalue weighted by atomic mass is 15.5. The lowest BCUT2D eigenvalue weighted by Gasteiger charge is -2.30. The monoisotopic (exact) mass is 364 g/mol. The summed E-state index contributed by atoms with van der Waals surface area (Å²) in [6.45, 7) is 0. The Morgan fingerprint density at radius 2 is 1.43 bits per heavy atom. The summed E-state index contributed by atoms with van der Waals surface area (Å²) in [6.07, 6.45) is 5.64. The number of hydrogen-bond donors (Lipinski definition) is 0. The fraction of sp³-hybridized carbons (Fsp3) is 0.192. The van der Waals surface area contributed by atoms with E-state index >= 15 is 0 Å². The van der Waals surface area contributed by atoms with Crippen molar-refractivity contribution in [3.05, 3.63) is 114 Å². The Balaban J connectivity index is 1.55. The van der Waals surface area contributed by atoms with E-state index in [1.807, 2.05) is 0 Å². The first-order chi connectivity index (χ1) is 13.9. The molecule has 5 rings (SSSR count). The molecule has 0 unspecified atom stereocenters. The molecule has 0 fully saturated rings. The standard InChI is InChI=1S/C26H24N2/c1-4-11-20(12-5-1)19-22-15-10-18-24-25(22)27-28(23-16-8-3-9-17-23)26(24)21-13-6-2-7-14-21/h1-9,11-17,24,26H,10,18-19H2/t24-,26+/m1/s1. The Bertz CT molecular complexity index is 990. The van der Waals surface area contributed by atoms with Gasteiger partial charge in [-0.1, -0.05) is 84.9 Å². The maximum atomic E-state index is 5.20. The number of allylic oxidation sites excluding steroid dienone is 2. The van der Waals surface area contributed by atoms with Gasteiger partial charge in [-0.05, 0) is 48.1 Å². The number of hydrogen-bond acceptors (Lipinski definition) is 2. The van der Waals surface area contributed by atoms with E-state index in [-0.39, 0.29) is 6.04 Å². The van der Waals surface area contributed by atoms with E-state index in [1.165, 1.54) is 22.4 Å². The third kappa shape index (κ3) is 3.16. The van der Waals surface area contributed by atoms with Crippen molar-refractivity contribution in [2.75, 3.05) is 5.01 Å².